The van der Waals surface area contributed by atoms with Crippen molar-refractivity contribution in [2.75, 3.05) is 18.2 Å². The summed E-state index contributed by atoms with van der Waals surface area (Å²) < 4.78 is 5.35. The Labute approximate surface area is 127 Å². The van der Waals surface area contributed by atoms with Crippen LogP contribution in [0.15, 0.2) is 24.7 Å². The number of anilines is 3. The van der Waals surface area contributed by atoms with E-state index < -0.39 is 0 Å². The van der Waals surface area contributed by atoms with Crippen molar-refractivity contribution in [1.82, 2.24) is 15.0 Å². The summed E-state index contributed by atoms with van der Waals surface area (Å²) in [7, 11) is 1.57. The molecule has 3 rings (SSSR count). The topological polar surface area (TPSA) is 113 Å². The largest absolute Gasteiger partial charge is 0.494 e. The van der Waals surface area contributed by atoms with E-state index in [2.05, 4.69) is 20.3 Å². The first kappa shape index (κ1) is 13.9. The highest BCUT2D eigenvalue weighted by atomic mass is 16.5. The number of nitrogen functional groups attached to an aromatic ring is 1. The minimum absolute atomic E-state index is 0.489. The van der Waals surface area contributed by atoms with Gasteiger partial charge in [0, 0.05) is 29.7 Å². The summed E-state index contributed by atoms with van der Waals surface area (Å²) >= 11 is 0. The standard InChI is InChI=1S/C15H16N6O/c1-8-6-18-14-13(8)15(20-7-19-14)21-11-3-9(5-16)10(17)4-12(11)22-2/h3-7,16H,17H2,1-2H3,(H2,18,19,20,21). The van der Waals surface area contributed by atoms with E-state index in [4.69, 9.17) is 15.9 Å². The number of nitrogens with zero attached hydrogens (tertiary/aromatic N) is 2. The van der Waals surface area contributed by atoms with E-state index in [-0.39, 0.29) is 0 Å². The lowest BCUT2D eigenvalue weighted by Gasteiger charge is -2.13. The van der Waals surface area contributed by atoms with Gasteiger partial charge in [0.25, 0.3) is 0 Å². The fourth-order valence-corrected chi connectivity index (χ4v) is 2.34. The molecule has 0 aliphatic heterocycles. The van der Waals surface area contributed by atoms with Crippen LogP contribution in [0.5, 0.6) is 5.75 Å². The summed E-state index contributed by atoms with van der Waals surface area (Å²) in [6.07, 6.45) is 4.58. The molecule has 22 heavy (non-hydrogen) atoms. The molecule has 5 N–H and O–H groups in total. The van der Waals surface area contributed by atoms with E-state index in [9.17, 15) is 0 Å². The van der Waals surface area contributed by atoms with E-state index >= 15 is 0 Å². The van der Waals surface area contributed by atoms with Crippen LogP contribution in [-0.4, -0.2) is 28.3 Å². The molecule has 7 nitrogen and oxygen atoms in total. The highest BCUT2D eigenvalue weighted by Gasteiger charge is 2.12. The molecule has 1 aromatic carbocycles. The van der Waals surface area contributed by atoms with Crippen molar-refractivity contribution < 1.29 is 4.74 Å². The average Bonchev–Trinajstić information content (AvgIpc) is 2.91. The van der Waals surface area contributed by atoms with Crippen molar-refractivity contribution in [3.05, 3.63) is 35.8 Å². The second kappa shape index (κ2) is 5.36. The molecule has 0 saturated carbocycles. The van der Waals surface area contributed by atoms with Crippen molar-refractivity contribution in [3.8, 4) is 5.75 Å². The van der Waals surface area contributed by atoms with Gasteiger partial charge in [-0.25, -0.2) is 9.97 Å². The lowest BCUT2D eigenvalue weighted by atomic mass is 10.1. The van der Waals surface area contributed by atoms with Crippen molar-refractivity contribution in [2.45, 2.75) is 6.92 Å². The first-order valence-corrected chi connectivity index (χ1v) is 6.67. The van der Waals surface area contributed by atoms with E-state index in [1.807, 2.05) is 13.1 Å². The molecule has 0 aliphatic carbocycles. The normalized spacial score (nSPS) is 10.6. The SMILES string of the molecule is COc1cc(N)c(C=N)cc1Nc1ncnc2[nH]cc(C)c12. The highest BCUT2D eigenvalue weighted by molar-refractivity contribution is 5.94. The van der Waals surface area contributed by atoms with Gasteiger partial charge in [-0.2, -0.15) is 0 Å². The molecular weight excluding hydrogens is 280 g/mol. The smallest absolute Gasteiger partial charge is 0.144 e. The zero-order valence-corrected chi connectivity index (χ0v) is 12.3. The van der Waals surface area contributed by atoms with Gasteiger partial charge in [0.05, 0.1) is 18.2 Å². The molecule has 112 valence electrons. The van der Waals surface area contributed by atoms with Crippen molar-refractivity contribution in [3.63, 3.8) is 0 Å². The van der Waals surface area contributed by atoms with E-state index in [0.29, 0.717) is 28.5 Å². The van der Waals surface area contributed by atoms with Gasteiger partial charge in [0.1, 0.15) is 23.5 Å². The number of aryl methyl sites for hydroxylation is 1. The number of aromatic nitrogens is 3. The van der Waals surface area contributed by atoms with E-state index in [1.165, 1.54) is 12.5 Å². The van der Waals surface area contributed by atoms with Gasteiger partial charge < -0.3 is 26.2 Å². The summed E-state index contributed by atoms with van der Waals surface area (Å²) in [4.78, 5) is 11.6. The van der Waals surface area contributed by atoms with Crippen LogP contribution < -0.4 is 15.8 Å². The van der Waals surface area contributed by atoms with Gasteiger partial charge in [-0.1, -0.05) is 0 Å². The predicted octanol–water partition coefficient (Wildman–Crippen LogP) is 2.60. The second-order valence-electron chi connectivity index (χ2n) is 4.87. The fourth-order valence-electron chi connectivity index (χ4n) is 2.34. The number of ether oxygens (including phenoxy) is 1. The van der Waals surface area contributed by atoms with Crippen LogP contribution >= 0.6 is 0 Å². The van der Waals surface area contributed by atoms with Crippen LogP contribution in [0.4, 0.5) is 17.2 Å². The third-order valence-electron chi connectivity index (χ3n) is 3.48. The molecule has 0 atom stereocenters. The zero-order chi connectivity index (χ0) is 15.7. The van der Waals surface area contributed by atoms with Crippen LogP contribution in [-0.2, 0) is 0 Å². The molecular formula is C15H16N6O. The molecule has 0 bridgehead atoms. The monoisotopic (exact) mass is 296 g/mol. The van der Waals surface area contributed by atoms with Crippen molar-refractivity contribution in [2.24, 2.45) is 0 Å². The molecule has 2 heterocycles. The highest BCUT2D eigenvalue weighted by Crippen LogP contribution is 2.33. The number of hydrogen-bond donors (Lipinski definition) is 4. The number of aromatic amines is 1. The fraction of sp³-hybridized carbons (Fsp3) is 0.133. The summed E-state index contributed by atoms with van der Waals surface area (Å²) in [6, 6.07) is 3.45. The molecule has 7 heteroatoms. The molecule has 0 saturated heterocycles. The molecule has 0 aliphatic rings. The van der Waals surface area contributed by atoms with Gasteiger partial charge in [0.15, 0.2) is 0 Å². The molecule has 3 aromatic rings. The molecule has 0 radical (unpaired) electrons. The number of rotatable bonds is 4. The summed E-state index contributed by atoms with van der Waals surface area (Å²) in [5.41, 5.74) is 9.47. The lowest BCUT2D eigenvalue weighted by molar-refractivity contribution is 0.417. The van der Waals surface area contributed by atoms with Crippen LogP contribution in [0.1, 0.15) is 11.1 Å². The number of methoxy groups -OCH3 is 1. The molecule has 0 fully saturated rings. The summed E-state index contributed by atoms with van der Waals surface area (Å²) in [5, 5.41) is 11.6. The van der Waals surface area contributed by atoms with Crippen LogP contribution in [0.25, 0.3) is 11.0 Å². The van der Waals surface area contributed by atoms with Crippen molar-refractivity contribution in [1.29, 1.82) is 5.41 Å². The Bertz CT molecular complexity index is 855. The Balaban J connectivity index is 2.12. The number of benzene rings is 1. The Kier molecular flexibility index (Phi) is 3.38. The quantitative estimate of drug-likeness (QED) is 0.436. The first-order valence-electron chi connectivity index (χ1n) is 6.67. The Morgan fingerprint density at radius 2 is 2.18 bits per heavy atom. The van der Waals surface area contributed by atoms with Gasteiger partial charge >= 0.3 is 0 Å². The Morgan fingerprint density at radius 1 is 1.36 bits per heavy atom. The minimum atomic E-state index is 0.489. The number of hydrogen-bond acceptors (Lipinski definition) is 6. The van der Waals surface area contributed by atoms with Gasteiger partial charge in [-0.15, -0.1) is 0 Å². The lowest BCUT2D eigenvalue weighted by Crippen LogP contribution is -2.01. The third-order valence-corrected chi connectivity index (χ3v) is 3.48. The maximum absolute atomic E-state index is 7.42. The van der Waals surface area contributed by atoms with Crippen LogP contribution in [0.2, 0.25) is 0 Å². The first-order chi connectivity index (χ1) is 10.6. The molecule has 0 spiro atoms. The number of fused-ring (bicyclic) bond motifs is 1. The zero-order valence-electron chi connectivity index (χ0n) is 12.3. The van der Waals surface area contributed by atoms with Gasteiger partial charge in [0.2, 0.25) is 0 Å². The van der Waals surface area contributed by atoms with E-state index in [1.54, 1.807) is 19.2 Å². The van der Waals surface area contributed by atoms with Crippen LogP contribution in [0, 0.1) is 12.3 Å². The van der Waals surface area contributed by atoms with Gasteiger partial charge in [-0.3, -0.25) is 0 Å². The second-order valence-corrected chi connectivity index (χ2v) is 4.87. The maximum Gasteiger partial charge on any atom is 0.144 e. The number of nitrogens with two attached hydrogens (primary N) is 1. The summed E-state index contributed by atoms with van der Waals surface area (Å²) in [6.45, 7) is 1.98. The number of H-pyrrole nitrogens is 1. The Morgan fingerprint density at radius 3 is 2.91 bits per heavy atom. The predicted molar refractivity (Wildman–Crippen MR) is 87.2 cm³/mol. The van der Waals surface area contributed by atoms with Crippen LogP contribution in [0.3, 0.4) is 0 Å². The van der Waals surface area contributed by atoms with Crippen molar-refractivity contribution >= 4 is 34.4 Å². The minimum Gasteiger partial charge on any atom is -0.494 e. The molecule has 0 unspecified atom stereocenters. The number of nitrogens with one attached hydrogen (secondary N) is 3. The maximum atomic E-state index is 7.42. The average molecular weight is 296 g/mol. The third kappa shape index (κ3) is 2.22. The van der Waals surface area contributed by atoms with E-state index in [0.717, 1.165) is 16.6 Å². The molecule has 2 aromatic heterocycles. The Hall–Kier alpha value is -3.09. The van der Waals surface area contributed by atoms with Gasteiger partial charge in [-0.05, 0) is 18.6 Å². The molecule has 0 amide bonds. The summed E-state index contributed by atoms with van der Waals surface area (Å²) in [5.74, 6) is 1.26.